The minimum absolute atomic E-state index is 0.112. The van der Waals surface area contributed by atoms with Gasteiger partial charge in [0, 0.05) is 12.5 Å². The number of alkyl halides is 3. The molecule has 2 aromatic rings. The molecule has 42 heavy (non-hydrogen) atoms. The summed E-state index contributed by atoms with van der Waals surface area (Å²) in [6, 6.07) is 3.44. The summed E-state index contributed by atoms with van der Waals surface area (Å²) in [7, 11) is 0. The molecule has 2 heterocycles. The van der Waals surface area contributed by atoms with Gasteiger partial charge in [0.2, 0.25) is 17.6 Å². The summed E-state index contributed by atoms with van der Waals surface area (Å²) in [6.45, 7) is 8.62. The number of carbonyl (C=O) groups is 2. The van der Waals surface area contributed by atoms with Crippen molar-refractivity contribution >= 4 is 22.7 Å². The average molecular weight is 591 g/mol. The van der Waals surface area contributed by atoms with Crippen LogP contribution in [-0.2, 0) is 15.8 Å². The lowest BCUT2D eigenvalue weighted by atomic mass is 9.69. The van der Waals surface area contributed by atoms with E-state index in [1.54, 1.807) is 0 Å². The van der Waals surface area contributed by atoms with Gasteiger partial charge in [-0.2, -0.15) is 13.2 Å². The number of amides is 2. The molecule has 8 nitrogen and oxygen atoms in total. The lowest BCUT2D eigenvalue weighted by Gasteiger charge is -2.39. The van der Waals surface area contributed by atoms with E-state index in [1.807, 2.05) is 5.32 Å². The molecule has 2 aliphatic carbocycles. The molecule has 3 aliphatic rings. The summed E-state index contributed by atoms with van der Waals surface area (Å²) in [6.07, 6.45) is 3.46. The zero-order chi connectivity index (χ0) is 30.3. The molecule has 3 fully saturated rings. The van der Waals surface area contributed by atoms with Gasteiger partial charge in [0.25, 0.3) is 5.56 Å². The molecular weight excluding hydrogens is 549 g/mol. The predicted octanol–water partition coefficient (Wildman–Crippen LogP) is 5.53. The highest BCUT2D eigenvalue weighted by Gasteiger charge is 2.60. The molecule has 2 amide bonds. The van der Waals surface area contributed by atoms with Crippen LogP contribution < -0.4 is 20.9 Å². The largest absolute Gasteiger partial charge is 0.493 e. The van der Waals surface area contributed by atoms with Crippen molar-refractivity contribution in [2.24, 2.45) is 16.7 Å². The molecule has 4 atom stereocenters. The molecule has 230 valence electrons. The average Bonchev–Trinajstić information content (AvgIpc) is 3.25. The summed E-state index contributed by atoms with van der Waals surface area (Å²) >= 11 is 0. The molecule has 1 saturated heterocycles. The fraction of sp³-hybridized carbons (Fsp3) is 0.677. The topological polar surface area (TPSA) is 102 Å². The normalized spacial score (nSPS) is 27.0. The number of nitrogens with one attached hydrogen (secondary N) is 2. The number of imide groups is 1. The summed E-state index contributed by atoms with van der Waals surface area (Å²) in [5, 5.41) is 5.73. The van der Waals surface area contributed by atoms with Crippen molar-refractivity contribution in [3.8, 4) is 5.75 Å². The number of hydrogen-bond acceptors (Lipinski definition) is 6. The lowest BCUT2D eigenvalue weighted by molar-refractivity contribution is -0.150. The zero-order valence-electron chi connectivity index (χ0n) is 24.6. The molecule has 5 rings (SSSR count). The van der Waals surface area contributed by atoms with Crippen LogP contribution in [-0.4, -0.2) is 40.6 Å². The third kappa shape index (κ3) is 5.56. The van der Waals surface area contributed by atoms with Crippen molar-refractivity contribution in [3.05, 3.63) is 34.4 Å². The van der Waals surface area contributed by atoms with E-state index in [9.17, 15) is 27.6 Å². The first-order chi connectivity index (χ1) is 19.8. The Morgan fingerprint density at radius 1 is 1.07 bits per heavy atom. The van der Waals surface area contributed by atoms with E-state index in [-0.39, 0.29) is 29.5 Å². The Morgan fingerprint density at radius 2 is 1.81 bits per heavy atom. The van der Waals surface area contributed by atoms with E-state index < -0.39 is 35.4 Å². The summed E-state index contributed by atoms with van der Waals surface area (Å²) < 4.78 is 48.0. The Kier molecular flexibility index (Phi) is 8.44. The van der Waals surface area contributed by atoms with E-state index in [0.717, 1.165) is 44.6 Å². The first-order valence-corrected chi connectivity index (χ1v) is 15.2. The van der Waals surface area contributed by atoms with Gasteiger partial charge in [0.05, 0.1) is 12.1 Å². The van der Waals surface area contributed by atoms with Gasteiger partial charge < -0.3 is 10.1 Å². The molecule has 11 heteroatoms. The molecule has 2 unspecified atom stereocenters. The molecule has 0 spiro atoms. The highest BCUT2D eigenvalue weighted by atomic mass is 19.4. The fourth-order valence-electron chi connectivity index (χ4n) is 7.48. The van der Waals surface area contributed by atoms with E-state index in [0.29, 0.717) is 28.0 Å². The van der Waals surface area contributed by atoms with Gasteiger partial charge in [-0.25, -0.2) is 4.98 Å². The highest BCUT2D eigenvalue weighted by Crippen LogP contribution is 2.65. The Hall–Kier alpha value is -2.95. The number of ether oxygens (including phenoxy) is 1. The van der Waals surface area contributed by atoms with E-state index >= 15 is 0 Å². The summed E-state index contributed by atoms with van der Waals surface area (Å²) in [5.74, 6) is -2.07. The van der Waals surface area contributed by atoms with Crippen LogP contribution in [0.2, 0.25) is 0 Å². The van der Waals surface area contributed by atoms with E-state index in [2.05, 4.69) is 31.1 Å². The zero-order valence-corrected chi connectivity index (χ0v) is 24.6. The molecule has 2 bridgehead atoms. The van der Waals surface area contributed by atoms with Crippen LogP contribution in [0.5, 0.6) is 5.75 Å². The Labute approximate surface area is 243 Å². The Balaban J connectivity index is 1.15. The minimum Gasteiger partial charge on any atom is -0.493 e. The van der Waals surface area contributed by atoms with Crippen molar-refractivity contribution in [1.82, 2.24) is 20.2 Å². The molecule has 1 aromatic carbocycles. The second kappa shape index (κ2) is 11.6. The molecular formula is C31H41F3N4O4. The third-order valence-electron chi connectivity index (χ3n) is 10.4. The number of aromatic nitrogens is 2. The Bertz CT molecular complexity index is 1410. The van der Waals surface area contributed by atoms with Crippen LogP contribution in [0.15, 0.2) is 23.0 Å². The summed E-state index contributed by atoms with van der Waals surface area (Å²) in [5.41, 5.74) is -0.388. The molecule has 2 saturated carbocycles. The molecule has 0 radical (unpaired) electrons. The van der Waals surface area contributed by atoms with Gasteiger partial charge in [-0.1, -0.05) is 46.1 Å². The highest BCUT2D eigenvalue weighted by molar-refractivity contribution is 5.99. The second-order valence-electron chi connectivity index (χ2n) is 13.0. The standard InChI is InChI=1S/C31H41F3N4O4/c1-29(2)19-14-15-30(29,3)23(18-19)35-16-7-5-4-6-8-17-42-22-11-9-10-20-25(22)27(41)38(28(36-20)31(32,33)34)21-12-13-24(39)37-26(21)40/h9-11,19,21,23,35H,4-8,12-18H2,1-3H3,(H,37,39,40)/t19-,21?,23?,30+/m1/s1. The predicted molar refractivity (Wildman–Crippen MR) is 152 cm³/mol. The smallest absolute Gasteiger partial charge is 0.449 e. The number of hydrogen-bond donors (Lipinski definition) is 2. The maximum absolute atomic E-state index is 13.9. The van der Waals surface area contributed by atoms with Crippen molar-refractivity contribution in [2.75, 3.05) is 13.2 Å². The summed E-state index contributed by atoms with van der Waals surface area (Å²) in [4.78, 5) is 41.1. The van der Waals surface area contributed by atoms with Gasteiger partial charge >= 0.3 is 6.18 Å². The van der Waals surface area contributed by atoms with Crippen molar-refractivity contribution < 1.29 is 27.5 Å². The van der Waals surface area contributed by atoms with Gasteiger partial charge in [0.15, 0.2) is 0 Å². The maximum atomic E-state index is 13.9. The number of benzene rings is 1. The van der Waals surface area contributed by atoms with Crippen LogP contribution in [0.1, 0.15) is 96.8 Å². The van der Waals surface area contributed by atoms with Crippen LogP contribution in [0.3, 0.4) is 0 Å². The first kappa shape index (κ1) is 30.5. The number of nitrogens with zero attached hydrogens (tertiary/aromatic N) is 2. The van der Waals surface area contributed by atoms with Crippen molar-refractivity contribution in [1.29, 1.82) is 0 Å². The number of carbonyl (C=O) groups excluding carboxylic acids is 2. The third-order valence-corrected chi connectivity index (χ3v) is 10.4. The SMILES string of the molecule is CC1(C)[C@@H]2CC[C@@]1(C)C(NCCCCCCCOc1cccc3nc(C(F)(F)F)n(C4CCC(=O)NC4=O)c(=O)c13)C2. The van der Waals surface area contributed by atoms with Gasteiger partial charge in [-0.15, -0.1) is 0 Å². The first-order valence-electron chi connectivity index (χ1n) is 15.2. The van der Waals surface area contributed by atoms with Gasteiger partial charge in [-0.3, -0.25) is 24.3 Å². The second-order valence-corrected chi connectivity index (χ2v) is 13.0. The van der Waals surface area contributed by atoms with Gasteiger partial charge in [-0.05, 0) is 74.0 Å². The number of piperidine rings is 1. The van der Waals surface area contributed by atoms with Crippen LogP contribution in [0.4, 0.5) is 13.2 Å². The Morgan fingerprint density at radius 3 is 2.48 bits per heavy atom. The van der Waals surface area contributed by atoms with Crippen LogP contribution in [0.25, 0.3) is 10.9 Å². The monoisotopic (exact) mass is 590 g/mol. The minimum atomic E-state index is -4.98. The van der Waals surface area contributed by atoms with Crippen LogP contribution >= 0.6 is 0 Å². The van der Waals surface area contributed by atoms with Gasteiger partial charge in [0.1, 0.15) is 17.2 Å². The maximum Gasteiger partial charge on any atom is 0.449 e. The van der Waals surface area contributed by atoms with Crippen LogP contribution in [0, 0.1) is 16.7 Å². The lowest BCUT2D eigenvalue weighted by Crippen LogP contribution is -2.46. The number of rotatable bonds is 11. The van der Waals surface area contributed by atoms with E-state index in [4.69, 9.17) is 4.74 Å². The number of unbranched alkanes of at least 4 members (excludes halogenated alkanes) is 4. The quantitative estimate of drug-likeness (QED) is 0.264. The molecule has 1 aliphatic heterocycles. The van der Waals surface area contributed by atoms with Crippen molar-refractivity contribution in [2.45, 2.75) is 103 Å². The fourth-order valence-corrected chi connectivity index (χ4v) is 7.48. The molecule has 2 N–H and O–H groups in total. The van der Waals surface area contributed by atoms with E-state index in [1.165, 1.54) is 37.5 Å². The number of fused-ring (bicyclic) bond motifs is 3. The number of halogens is 3. The van der Waals surface area contributed by atoms with Crippen molar-refractivity contribution in [3.63, 3.8) is 0 Å². The molecule has 1 aromatic heterocycles.